The molecule has 2 atom stereocenters. The average Bonchev–Trinajstić information content (AvgIpc) is 2.38. The van der Waals surface area contributed by atoms with Gasteiger partial charge in [-0.3, -0.25) is 9.59 Å². The molecule has 1 amide bonds. The third-order valence-corrected chi connectivity index (χ3v) is 2.85. The number of carbonyl (C=O) groups excluding carboxylic acids is 1. The molecule has 0 heterocycles. The molecule has 1 aromatic carbocycles. The predicted octanol–water partition coefficient (Wildman–Crippen LogP) is -0.189. The van der Waals surface area contributed by atoms with Crippen molar-refractivity contribution in [3.05, 3.63) is 35.4 Å². The number of aliphatic carboxylic acids is 1. The molecular weight excluding hydrogens is 248 g/mol. The van der Waals surface area contributed by atoms with Crippen LogP contribution in [-0.2, 0) is 16.1 Å². The molecule has 104 valence electrons. The summed E-state index contributed by atoms with van der Waals surface area (Å²) >= 11 is 0. The zero-order chi connectivity index (χ0) is 14.4. The van der Waals surface area contributed by atoms with Crippen LogP contribution < -0.4 is 11.1 Å². The number of benzene rings is 1. The highest BCUT2D eigenvalue weighted by atomic mass is 16.4. The Kier molecular flexibility index (Phi) is 5.47. The number of aliphatic hydroxyl groups is 1. The second-order valence-corrected chi connectivity index (χ2v) is 4.35. The fraction of sp³-hybridized carbons (Fsp3) is 0.385. The molecule has 1 aromatic rings. The molecule has 6 heteroatoms. The lowest BCUT2D eigenvalue weighted by molar-refractivity contribution is -0.138. The number of aliphatic hydroxyl groups excluding tert-OH is 1. The number of carbonyl (C=O) groups is 2. The lowest BCUT2D eigenvalue weighted by atomic mass is 10.00. The van der Waals surface area contributed by atoms with E-state index < -0.39 is 23.9 Å². The number of hydrogen-bond acceptors (Lipinski definition) is 4. The first-order valence-corrected chi connectivity index (χ1v) is 5.91. The number of carboxylic acids is 1. The first-order chi connectivity index (χ1) is 8.91. The van der Waals surface area contributed by atoms with Crippen LogP contribution in [0.3, 0.4) is 0 Å². The Balaban J connectivity index is 2.49. The Morgan fingerprint density at radius 3 is 2.37 bits per heavy atom. The third-order valence-electron chi connectivity index (χ3n) is 2.85. The number of hydrogen-bond donors (Lipinski definition) is 4. The number of nitrogens with one attached hydrogen (secondary N) is 1. The molecule has 2 unspecified atom stereocenters. The maximum atomic E-state index is 10.8. The van der Waals surface area contributed by atoms with E-state index in [1.54, 1.807) is 31.2 Å². The highest BCUT2D eigenvalue weighted by Gasteiger charge is 2.13. The van der Waals surface area contributed by atoms with Crippen LogP contribution in [0.1, 0.15) is 24.0 Å². The molecule has 1 rings (SSSR count). The molecule has 0 radical (unpaired) electrons. The quantitative estimate of drug-likeness (QED) is 0.546. The molecule has 0 saturated heterocycles. The van der Waals surface area contributed by atoms with Crippen LogP contribution in [0, 0.1) is 0 Å². The lowest BCUT2D eigenvalue weighted by Crippen LogP contribution is -2.37. The van der Waals surface area contributed by atoms with Crippen LogP contribution in [-0.4, -0.2) is 34.7 Å². The molecule has 0 spiro atoms. The topological polar surface area (TPSA) is 113 Å². The fourth-order valence-corrected chi connectivity index (χ4v) is 1.52. The maximum Gasteiger partial charge on any atom is 0.310 e. The molecule has 19 heavy (non-hydrogen) atoms. The third kappa shape index (κ3) is 4.69. The first kappa shape index (κ1) is 15.1. The fourth-order valence-electron chi connectivity index (χ4n) is 1.52. The summed E-state index contributed by atoms with van der Waals surface area (Å²) in [6, 6.07) is 7.11. The van der Waals surface area contributed by atoms with Gasteiger partial charge >= 0.3 is 5.97 Å². The van der Waals surface area contributed by atoms with Gasteiger partial charge in [0.15, 0.2) is 0 Å². The van der Waals surface area contributed by atoms with Crippen molar-refractivity contribution < 1.29 is 19.8 Å². The van der Waals surface area contributed by atoms with E-state index in [4.69, 9.17) is 10.8 Å². The van der Waals surface area contributed by atoms with E-state index in [1.807, 2.05) is 0 Å². The summed E-state index contributed by atoms with van der Waals surface area (Å²) < 4.78 is 0. The number of rotatable bonds is 7. The molecule has 5 N–H and O–H groups in total. The summed E-state index contributed by atoms with van der Waals surface area (Å²) in [7, 11) is 0. The van der Waals surface area contributed by atoms with E-state index in [0.29, 0.717) is 6.54 Å². The average molecular weight is 266 g/mol. The van der Waals surface area contributed by atoms with Gasteiger partial charge in [0.2, 0.25) is 5.91 Å². The van der Waals surface area contributed by atoms with Gasteiger partial charge in [-0.05, 0) is 18.1 Å². The van der Waals surface area contributed by atoms with Crippen LogP contribution in [0.2, 0.25) is 0 Å². The van der Waals surface area contributed by atoms with Gasteiger partial charge in [0, 0.05) is 13.1 Å². The molecule has 0 saturated carbocycles. The van der Waals surface area contributed by atoms with Gasteiger partial charge in [0.1, 0.15) is 6.10 Å². The van der Waals surface area contributed by atoms with Gasteiger partial charge in [-0.2, -0.15) is 0 Å². The molecule has 0 aromatic heterocycles. The largest absolute Gasteiger partial charge is 0.481 e. The second-order valence-electron chi connectivity index (χ2n) is 4.35. The normalized spacial score (nSPS) is 13.8. The van der Waals surface area contributed by atoms with Gasteiger partial charge in [-0.25, -0.2) is 0 Å². The van der Waals surface area contributed by atoms with Crippen LogP contribution in [0.5, 0.6) is 0 Å². The van der Waals surface area contributed by atoms with E-state index in [1.165, 1.54) is 0 Å². The summed E-state index contributed by atoms with van der Waals surface area (Å²) in [5.41, 5.74) is 6.57. The van der Waals surface area contributed by atoms with Gasteiger partial charge in [0.25, 0.3) is 0 Å². The van der Waals surface area contributed by atoms with Crippen molar-refractivity contribution in [2.75, 3.05) is 6.54 Å². The van der Waals surface area contributed by atoms with Gasteiger partial charge in [-0.15, -0.1) is 0 Å². The Bertz CT molecular complexity index is 444. The van der Waals surface area contributed by atoms with E-state index in [0.717, 1.165) is 11.1 Å². The SMILES string of the molecule is CC(C(=O)O)c1ccc(CNCC(O)C(N)=O)cc1. The molecular formula is C13H18N2O4. The van der Waals surface area contributed by atoms with Crippen LogP contribution in [0.15, 0.2) is 24.3 Å². The Morgan fingerprint density at radius 1 is 1.32 bits per heavy atom. The van der Waals surface area contributed by atoms with Gasteiger partial charge in [-0.1, -0.05) is 24.3 Å². The summed E-state index contributed by atoms with van der Waals surface area (Å²) in [6.45, 7) is 2.17. The van der Waals surface area contributed by atoms with Crippen molar-refractivity contribution in [2.24, 2.45) is 5.73 Å². The zero-order valence-corrected chi connectivity index (χ0v) is 10.7. The standard InChI is InChI=1S/C13H18N2O4/c1-8(13(18)19)10-4-2-9(3-5-10)6-15-7-11(16)12(14)17/h2-5,8,11,15-16H,6-7H2,1H3,(H2,14,17)(H,18,19). The monoisotopic (exact) mass is 266 g/mol. The van der Waals surface area contributed by atoms with Crippen molar-refractivity contribution in [3.63, 3.8) is 0 Å². The maximum absolute atomic E-state index is 10.8. The van der Waals surface area contributed by atoms with Gasteiger partial charge < -0.3 is 21.3 Å². The minimum Gasteiger partial charge on any atom is -0.481 e. The minimum atomic E-state index is -1.20. The highest BCUT2D eigenvalue weighted by molar-refractivity contribution is 5.78. The summed E-state index contributed by atoms with van der Waals surface area (Å²) in [5.74, 6) is -2.17. The van der Waals surface area contributed by atoms with Crippen molar-refractivity contribution in [1.82, 2.24) is 5.32 Å². The Hall–Kier alpha value is -1.92. The summed E-state index contributed by atoms with van der Waals surface area (Å²) in [4.78, 5) is 21.4. The zero-order valence-electron chi connectivity index (χ0n) is 10.7. The smallest absolute Gasteiger partial charge is 0.310 e. The van der Waals surface area contributed by atoms with Crippen molar-refractivity contribution >= 4 is 11.9 Å². The van der Waals surface area contributed by atoms with Crippen LogP contribution in [0.4, 0.5) is 0 Å². The number of carboxylic acid groups (broad SMARTS) is 1. The molecule has 0 fully saturated rings. The number of primary amides is 1. The van der Waals surface area contributed by atoms with Crippen LogP contribution in [0.25, 0.3) is 0 Å². The minimum absolute atomic E-state index is 0.0859. The van der Waals surface area contributed by atoms with Crippen LogP contribution >= 0.6 is 0 Å². The van der Waals surface area contributed by atoms with E-state index >= 15 is 0 Å². The molecule has 0 aliphatic heterocycles. The summed E-state index contributed by atoms with van der Waals surface area (Å²) in [5, 5.41) is 20.9. The summed E-state index contributed by atoms with van der Waals surface area (Å²) in [6.07, 6.45) is -1.20. The Morgan fingerprint density at radius 2 is 1.89 bits per heavy atom. The lowest BCUT2D eigenvalue weighted by Gasteiger charge is -2.10. The number of nitrogens with two attached hydrogens (primary N) is 1. The van der Waals surface area contributed by atoms with Gasteiger partial charge in [0.05, 0.1) is 5.92 Å². The second kappa shape index (κ2) is 6.86. The predicted molar refractivity (Wildman–Crippen MR) is 69.4 cm³/mol. The number of amides is 1. The highest BCUT2D eigenvalue weighted by Crippen LogP contribution is 2.15. The van der Waals surface area contributed by atoms with E-state index in [-0.39, 0.29) is 6.54 Å². The Labute approximate surface area is 111 Å². The van der Waals surface area contributed by atoms with E-state index in [9.17, 15) is 14.7 Å². The molecule has 0 aliphatic rings. The van der Waals surface area contributed by atoms with Crippen molar-refractivity contribution in [2.45, 2.75) is 25.5 Å². The first-order valence-electron chi connectivity index (χ1n) is 5.91. The van der Waals surface area contributed by atoms with Crippen molar-refractivity contribution in [3.8, 4) is 0 Å². The van der Waals surface area contributed by atoms with E-state index in [2.05, 4.69) is 5.32 Å². The molecule has 0 bridgehead atoms. The molecule has 0 aliphatic carbocycles. The van der Waals surface area contributed by atoms with Crippen molar-refractivity contribution in [1.29, 1.82) is 0 Å². The molecule has 6 nitrogen and oxygen atoms in total.